The molecule has 0 aromatic heterocycles. The molecular weight excluding hydrogens is 148 g/mol. The highest BCUT2D eigenvalue weighted by atomic mass is 16.5. The normalized spacial score (nSPS) is 29.4. The number of nitrogens with one attached hydrogen (secondary N) is 1. The fourth-order valence-electron chi connectivity index (χ4n) is 0.982. The zero-order valence-electron chi connectivity index (χ0n) is 5.78. The summed E-state index contributed by atoms with van der Waals surface area (Å²) < 4.78 is 4.91. The summed E-state index contributed by atoms with van der Waals surface area (Å²) in [6, 6.07) is 1.61. The van der Waals surface area contributed by atoms with Crippen molar-refractivity contribution in [3.8, 4) is 6.07 Å². The molecule has 0 bridgehead atoms. The first kappa shape index (κ1) is 7.82. The Morgan fingerprint density at radius 2 is 2.45 bits per heavy atom. The van der Waals surface area contributed by atoms with Crippen LogP contribution in [0.3, 0.4) is 0 Å². The molecule has 11 heavy (non-hydrogen) atoms. The number of ether oxygens (including phenoxy) is 1. The molecule has 0 aromatic carbocycles. The number of hydrogen-bond donors (Lipinski definition) is 2. The van der Waals surface area contributed by atoms with Gasteiger partial charge in [0.1, 0.15) is 0 Å². The van der Waals surface area contributed by atoms with Gasteiger partial charge in [-0.25, -0.2) is 4.79 Å². The molecule has 60 valence electrons. The lowest BCUT2D eigenvalue weighted by Gasteiger charge is -2.09. The largest absolute Gasteiger partial charge is 0.465 e. The fourth-order valence-corrected chi connectivity index (χ4v) is 0.982. The van der Waals surface area contributed by atoms with Gasteiger partial charge in [0.2, 0.25) is 0 Å². The third-order valence-electron chi connectivity index (χ3n) is 1.56. The Labute approximate surface area is 63.6 Å². The predicted molar refractivity (Wildman–Crippen MR) is 34.9 cm³/mol. The van der Waals surface area contributed by atoms with E-state index >= 15 is 0 Å². The average molecular weight is 156 g/mol. The van der Waals surface area contributed by atoms with Crippen LogP contribution in [0.1, 0.15) is 0 Å². The molecule has 1 amide bonds. The maximum Gasteiger partial charge on any atom is 0.405 e. The van der Waals surface area contributed by atoms with E-state index in [1.165, 1.54) is 0 Å². The van der Waals surface area contributed by atoms with Crippen LogP contribution in [0.5, 0.6) is 0 Å². The van der Waals surface area contributed by atoms with Crippen molar-refractivity contribution >= 4 is 6.09 Å². The molecule has 1 aliphatic heterocycles. The van der Waals surface area contributed by atoms with Crippen LogP contribution < -0.4 is 5.32 Å². The van der Waals surface area contributed by atoms with Gasteiger partial charge >= 0.3 is 6.09 Å². The van der Waals surface area contributed by atoms with Crippen LogP contribution in [0.15, 0.2) is 0 Å². The summed E-state index contributed by atoms with van der Waals surface area (Å²) in [5.74, 6) is -0.342. The third-order valence-corrected chi connectivity index (χ3v) is 1.56. The van der Waals surface area contributed by atoms with Crippen LogP contribution in [0.4, 0.5) is 4.79 Å². The van der Waals surface area contributed by atoms with E-state index in [9.17, 15) is 4.79 Å². The van der Waals surface area contributed by atoms with E-state index in [1.807, 2.05) is 6.07 Å². The second kappa shape index (κ2) is 3.21. The highest BCUT2D eigenvalue weighted by molar-refractivity contribution is 5.65. The van der Waals surface area contributed by atoms with Gasteiger partial charge in [0.15, 0.2) is 0 Å². The summed E-state index contributed by atoms with van der Waals surface area (Å²) in [5, 5.41) is 19.0. The van der Waals surface area contributed by atoms with Gasteiger partial charge in [0, 0.05) is 0 Å². The summed E-state index contributed by atoms with van der Waals surface area (Å²) in [4.78, 5) is 10.1. The monoisotopic (exact) mass is 156 g/mol. The standard InChI is InChI=1S/C6H8N2O3/c7-1-4-2-11-3-5(4)8-6(9)10/h4-5,8H,2-3H2,(H,9,10). The van der Waals surface area contributed by atoms with Gasteiger partial charge in [-0.2, -0.15) is 5.26 Å². The minimum absolute atomic E-state index is 0.296. The molecule has 2 unspecified atom stereocenters. The molecule has 1 saturated heterocycles. The first-order chi connectivity index (χ1) is 5.24. The molecule has 1 aliphatic rings. The summed E-state index contributed by atoms with van der Waals surface area (Å²) in [6.07, 6.45) is -1.11. The van der Waals surface area contributed by atoms with Gasteiger partial charge in [0.25, 0.3) is 0 Å². The molecule has 0 aromatic rings. The van der Waals surface area contributed by atoms with E-state index in [1.54, 1.807) is 0 Å². The Kier molecular flexibility index (Phi) is 2.28. The van der Waals surface area contributed by atoms with Crippen molar-refractivity contribution in [1.82, 2.24) is 5.32 Å². The van der Waals surface area contributed by atoms with Gasteiger partial charge in [-0.1, -0.05) is 0 Å². The van der Waals surface area contributed by atoms with Crippen LogP contribution in [0.25, 0.3) is 0 Å². The van der Waals surface area contributed by atoms with Gasteiger partial charge in [-0.15, -0.1) is 0 Å². The third kappa shape index (κ3) is 1.82. The molecule has 0 spiro atoms. The van der Waals surface area contributed by atoms with Gasteiger partial charge in [-0.05, 0) is 0 Å². The minimum atomic E-state index is -1.11. The maximum atomic E-state index is 10.1. The number of amides is 1. The lowest BCUT2D eigenvalue weighted by Crippen LogP contribution is -2.38. The van der Waals surface area contributed by atoms with Crippen LogP contribution in [-0.2, 0) is 4.74 Å². The number of nitriles is 1. The Hall–Kier alpha value is -1.28. The second-order valence-electron chi connectivity index (χ2n) is 2.33. The first-order valence-electron chi connectivity index (χ1n) is 3.21. The van der Waals surface area contributed by atoms with E-state index in [-0.39, 0.29) is 12.0 Å². The van der Waals surface area contributed by atoms with Crippen molar-refractivity contribution in [2.24, 2.45) is 5.92 Å². The van der Waals surface area contributed by atoms with Crippen molar-refractivity contribution in [2.75, 3.05) is 13.2 Å². The lowest BCUT2D eigenvalue weighted by atomic mass is 10.1. The molecule has 5 heteroatoms. The Morgan fingerprint density at radius 1 is 1.73 bits per heavy atom. The molecule has 1 heterocycles. The van der Waals surface area contributed by atoms with E-state index in [4.69, 9.17) is 15.1 Å². The zero-order chi connectivity index (χ0) is 8.27. The summed E-state index contributed by atoms with van der Waals surface area (Å²) >= 11 is 0. The molecular formula is C6H8N2O3. The topological polar surface area (TPSA) is 82.3 Å². The van der Waals surface area contributed by atoms with E-state index in [2.05, 4.69) is 5.32 Å². The van der Waals surface area contributed by atoms with Gasteiger partial charge < -0.3 is 15.2 Å². The number of nitrogens with zero attached hydrogens (tertiary/aromatic N) is 1. The van der Waals surface area contributed by atoms with E-state index < -0.39 is 6.09 Å². The maximum absolute atomic E-state index is 10.1. The Morgan fingerprint density at radius 3 is 3.00 bits per heavy atom. The first-order valence-corrected chi connectivity index (χ1v) is 3.21. The quantitative estimate of drug-likeness (QED) is 0.550. The highest BCUT2D eigenvalue weighted by Gasteiger charge is 2.29. The molecule has 2 atom stereocenters. The smallest absolute Gasteiger partial charge is 0.405 e. The molecule has 0 saturated carbocycles. The highest BCUT2D eigenvalue weighted by Crippen LogP contribution is 2.11. The summed E-state index contributed by atoms with van der Waals surface area (Å²) in [6.45, 7) is 0.617. The fraction of sp³-hybridized carbons (Fsp3) is 0.667. The van der Waals surface area contributed by atoms with Gasteiger partial charge in [0.05, 0.1) is 31.2 Å². The molecule has 1 fully saturated rings. The van der Waals surface area contributed by atoms with Crippen LogP contribution in [0, 0.1) is 17.2 Å². The van der Waals surface area contributed by atoms with E-state index in [0.717, 1.165) is 0 Å². The number of carboxylic acid groups (broad SMARTS) is 1. The van der Waals surface area contributed by atoms with Crippen LogP contribution in [-0.4, -0.2) is 30.5 Å². The SMILES string of the molecule is N#CC1COCC1NC(=O)O. The summed E-state index contributed by atoms with van der Waals surface area (Å²) in [7, 11) is 0. The van der Waals surface area contributed by atoms with Crippen molar-refractivity contribution in [2.45, 2.75) is 6.04 Å². The zero-order valence-corrected chi connectivity index (χ0v) is 5.78. The van der Waals surface area contributed by atoms with Gasteiger partial charge in [-0.3, -0.25) is 0 Å². The lowest BCUT2D eigenvalue weighted by molar-refractivity contribution is 0.175. The average Bonchev–Trinajstić information content (AvgIpc) is 2.34. The van der Waals surface area contributed by atoms with Crippen molar-refractivity contribution in [1.29, 1.82) is 5.26 Å². The molecule has 2 N–H and O–H groups in total. The molecule has 0 aliphatic carbocycles. The minimum Gasteiger partial charge on any atom is -0.465 e. The molecule has 1 rings (SSSR count). The number of hydrogen-bond acceptors (Lipinski definition) is 3. The Bertz CT molecular complexity index is 198. The van der Waals surface area contributed by atoms with Crippen molar-refractivity contribution < 1.29 is 14.6 Å². The van der Waals surface area contributed by atoms with Crippen LogP contribution >= 0.6 is 0 Å². The summed E-state index contributed by atoms with van der Waals surface area (Å²) in [5.41, 5.74) is 0. The van der Waals surface area contributed by atoms with E-state index in [0.29, 0.717) is 13.2 Å². The number of rotatable bonds is 1. The van der Waals surface area contributed by atoms with Crippen LogP contribution in [0.2, 0.25) is 0 Å². The predicted octanol–water partition coefficient (Wildman–Crippen LogP) is -0.207. The van der Waals surface area contributed by atoms with Crippen molar-refractivity contribution in [3.05, 3.63) is 0 Å². The van der Waals surface area contributed by atoms with Crippen molar-refractivity contribution in [3.63, 3.8) is 0 Å². The second-order valence-corrected chi connectivity index (χ2v) is 2.33. The molecule has 0 radical (unpaired) electrons. The molecule has 5 nitrogen and oxygen atoms in total. The Balaban J connectivity index is 2.45. The number of carbonyl (C=O) groups is 1.